The first-order valence-corrected chi connectivity index (χ1v) is 12.4. The number of hydrogen-bond acceptors (Lipinski definition) is 7. The second kappa shape index (κ2) is 8.92. The van der Waals surface area contributed by atoms with Crippen LogP contribution in [0, 0.1) is 0 Å². The number of nitrogens with one attached hydrogen (secondary N) is 1. The number of anilines is 2. The van der Waals surface area contributed by atoms with Crippen molar-refractivity contribution in [1.29, 1.82) is 0 Å². The first-order valence-electron chi connectivity index (χ1n) is 12.4. The first-order chi connectivity index (χ1) is 16.7. The van der Waals surface area contributed by atoms with Gasteiger partial charge >= 0.3 is 0 Å². The zero-order chi connectivity index (χ0) is 24.7. The van der Waals surface area contributed by atoms with E-state index < -0.39 is 0 Å². The summed E-state index contributed by atoms with van der Waals surface area (Å²) in [6.45, 7) is 8.71. The molecule has 0 amide bonds. The summed E-state index contributed by atoms with van der Waals surface area (Å²) >= 11 is 0. The van der Waals surface area contributed by atoms with Crippen LogP contribution >= 0.6 is 0 Å². The van der Waals surface area contributed by atoms with Crippen molar-refractivity contribution in [3.8, 4) is 16.8 Å². The summed E-state index contributed by atoms with van der Waals surface area (Å²) in [7, 11) is 0. The first kappa shape index (κ1) is 23.2. The third kappa shape index (κ3) is 4.58. The lowest BCUT2D eigenvalue weighted by atomic mass is 9.87. The van der Waals surface area contributed by atoms with Crippen LogP contribution in [0.4, 0.5) is 11.6 Å². The number of benzene rings is 1. The van der Waals surface area contributed by atoms with Gasteiger partial charge in [0.15, 0.2) is 5.82 Å². The van der Waals surface area contributed by atoms with Gasteiger partial charge < -0.3 is 16.8 Å². The molecule has 35 heavy (non-hydrogen) atoms. The van der Waals surface area contributed by atoms with Crippen molar-refractivity contribution in [2.45, 2.75) is 70.9 Å². The molecule has 3 heterocycles. The topological polar surface area (TPSA) is 121 Å². The Morgan fingerprint density at radius 2 is 1.83 bits per heavy atom. The van der Waals surface area contributed by atoms with Crippen LogP contribution in [0.15, 0.2) is 42.9 Å². The molecule has 0 radical (unpaired) electrons. The third-order valence-electron chi connectivity index (χ3n) is 6.84. The number of hydrogen-bond donors (Lipinski definition) is 3. The Balaban J connectivity index is 1.53. The second-order valence-electron chi connectivity index (χ2n) is 10.5. The molecule has 4 aromatic rings. The molecule has 2 atom stereocenters. The molecule has 1 saturated carbocycles. The Morgan fingerprint density at radius 1 is 1.06 bits per heavy atom. The van der Waals surface area contributed by atoms with Crippen LogP contribution in [-0.4, -0.2) is 36.8 Å². The van der Waals surface area contributed by atoms with E-state index in [9.17, 15) is 0 Å². The SMILES string of the molecule is CCc1nc2c(N)ncc(-c3cnn(-c4ccc(C(C)(C)C)cc4)c3)c2nc1N[C@@H]1CC[C@H](N)C1. The molecule has 0 aliphatic heterocycles. The number of rotatable bonds is 5. The fourth-order valence-corrected chi connectivity index (χ4v) is 4.72. The van der Waals surface area contributed by atoms with Gasteiger partial charge in [-0.2, -0.15) is 5.10 Å². The Kier molecular flexibility index (Phi) is 5.92. The van der Waals surface area contributed by atoms with Gasteiger partial charge in [0, 0.05) is 35.6 Å². The number of nitrogens with two attached hydrogens (primary N) is 2. The number of aryl methyl sites for hydroxylation is 1. The lowest BCUT2D eigenvalue weighted by Gasteiger charge is -2.19. The van der Waals surface area contributed by atoms with Crippen molar-refractivity contribution < 1.29 is 0 Å². The maximum Gasteiger partial charge on any atom is 0.151 e. The van der Waals surface area contributed by atoms with Gasteiger partial charge in [0.25, 0.3) is 0 Å². The molecule has 3 aromatic heterocycles. The monoisotopic (exact) mass is 470 g/mol. The molecule has 0 saturated heterocycles. The molecule has 5 N–H and O–H groups in total. The minimum Gasteiger partial charge on any atom is -0.382 e. The van der Waals surface area contributed by atoms with Crippen LogP contribution in [0.2, 0.25) is 0 Å². The van der Waals surface area contributed by atoms with Gasteiger partial charge in [-0.05, 0) is 48.8 Å². The molecule has 1 aliphatic rings. The van der Waals surface area contributed by atoms with Crippen LogP contribution in [0.3, 0.4) is 0 Å². The average molecular weight is 471 g/mol. The minimum atomic E-state index is 0.105. The van der Waals surface area contributed by atoms with Crippen LogP contribution in [-0.2, 0) is 11.8 Å². The molecule has 0 unspecified atom stereocenters. The van der Waals surface area contributed by atoms with Gasteiger partial charge in [0.05, 0.1) is 17.6 Å². The van der Waals surface area contributed by atoms with Crippen molar-refractivity contribution in [3.63, 3.8) is 0 Å². The van der Waals surface area contributed by atoms with Gasteiger partial charge in [-0.15, -0.1) is 0 Å². The molecule has 1 fully saturated rings. The predicted octanol–water partition coefficient (Wildman–Crippen LogP) is 4.61. The summed E-state index contributed by atoms with van der Waals surface area (Å²) in [6, 6.07) is 9.05. The molecular formula is C27H34N8. The van der Waals surface area contributed by atoms with E-state index in [4.69, 9.17) is 21.4 Å². The lowest BCUT2D eigenvalue weighted by Crippen LogP contribution is -2.22. The number of pyridine rings is 1. The van der Waals surface area contributed by atoms with Crippen molar-refractivity contribution in [3.05, 3.63) is 54.1 Å². The zero-order valence-corrected chi connectivity index (χ0v) is 20.9. The molecular weight excluding hydrogens is 436 g/mol. The Bertz CT molecular complexity index is 1350. The summed E-state index contributed by atoms with van der Waals surface area (Å²) < 4.78 is 1.87. The lowest BCUT2D eigenvalue weighted by molar-refractivity contribution is 0.590. The van der Waals surface area contributed by atoms with Crippen molar-refractivity contribution >= 4 is 22.7 Å². The highest BCUT2D eigenvalue weighted by Gasteiger charge is 2.24. The number of fused-ring (bicyclic) bond motifs is 1. The molecule has 0 spiro atoms. The Labute approximate surface area is 206 Å². The molecule has 1 aliphatic carbocycles. The standard InChI is InChI=1S/C27H34N8/c1-5-22-26(32-19-9-8-18(28)12-19)34-23-21(14-30-25(29)24(23)33-22)16-13-31-35(15-16)20-10-6-17(7-11-20)27(2,3)4/h6-7,10-11,13-15,18-19H,5,8-9,12,28H2,1-4H3,(H2,29,30)(H,32,34)/t18-,19+/m0/s1. The van der Waals surface area contributed by atoms with Crippen molar-refractivity contribution in [2.24, 2.45) is 5.73 Å². The maximum atomic E-state index is 6.23. The van der Waals surface area contributed by atoms with Crippen molar-refractivity contribution in [1.82, 2.24) is 24.7 Å². The smallest absolute Gasteiger partial charge is 0.151 e. The number of aromatic nitrogens is 5. The fraction of sp³-hybridized carbons (Fsp3) is 0.407. The minimum absolute atomic E-state index is 0.105. The van der Waals surface area contributed by atoms with Crippen LogP contribution in [0.25, 0.3) is 27.8 Å². The summed E-state index contributed by atoms with van der Waals surface area (Å²) in [5, 5.41) is 8.21. The maximum absolute atomic E-state index is 6.23. The quantitative estimate of drug-likeness (QED) is 0.389. The van der Waals surface area contributed by atoms with Crippen LogP contribution < -0.4 is 16.8 Å². The molecule has 8 heteroatoms. The van der Waals surface area contributed by atoms with E-state index in [1.807, 2.05) is 17.1 Å². The van der Waals surface area contributed by atoms with E-state index in [-0.39, 0.29) is 11.5 Å². The highest BCUT2D eigenvalue weighted by molar-refractivity contribution is 5.96. The van der Waals surface area contributed by atoms with Gasteiger partial charge in [-0.1, -0.05) is 39.8 Å². The molecule has 1 aromatic carbocycles. The van der Waals surface area contributed by atoms with Gasteiger partial charge in [-0.25, -0.2) is 19.6 Å². The molecule has 8 nitrogen and oxygen atoms in total. The van der Waals surface area contributed by atoms with E-state index >= 15 is 0 Å². The highest BCUT2D eigenvalue weighted by Crippen LogP contribution is 2.32. The zero-order valence-electron chi connectivity index (χ0n) is 20.9. The summed E-state index contributed by atoms with van der Waals surface area (Å²) in [4.78, 5) is 14.3. The van der Waals surface area contributed by atoms with Gasteiger partial charge in [-0.3, -0.25) is 0 Å². The molecule has 182 valence electrons. The van der Waals surface area contributed by atoms with Gasteiger partial charge in [0.2, 0.25) is 0 Å². The van der Waals surface area contributed by atoms with E-state index in [0.29, 0.717) is 17.4 Å². The molecule has 0 bridgehead atoms. The second-order valence-corrected chi connectivity index (χ2v) is 10.5. The Morgan fingerprint density at radius 3 is 2.49 bits per heavy atom. The summed E-state index contributed by atoms with van der Waals surface area (Å²) in [5.74, 6) is 1.18. The Hall–Kier alpha value is -3.52. The van der Waals surface area contributed by atoms with E-state index in [1.165, 1.54) is 5.56 Å². The predicted molar refractivity (Wildman–Crippen MR) is 142 cm³/mol. The van der Waals surface area contributed by atoms with E-state index in [1.54, 1.807) is 6.20 Å². The fourth-order valence-electron chi connectivity index (χ4n) is 4.72. The van der Waals surface area contributed by atoms with E-state index in [0.717, 1.165) is 59.5 Å². The third-order valence-corrected chi connectivity index (χ3v) is 6.84. The van der Waals surface area contributed by atoms with Gasteiger partial charge in [0.1, 0.15) is 16.9 Å². The summed E-state index contributed by atoms with van der Waals surface area (Å²) in [5.41, 5.74) is 18.7. The van der Waals surface area contributed by atoms with Crippen molar-refractivity contribution in [2.75, 3.05) is 11.1 Å². The summed E-state index contributed by atoms with van der Waals surface area (Å²) in [6.07, 6.45) is 9.34. The van der Waals surface area contributed by atoms with Crippen LogP contribution in [0.5, 0.6) is 0 Å². The largest absolute Gasteiger partial charge is 0.382 e. The number of nitrogen functional groups attached to an aromatic ring is 1. The van der Waals surface area contributed by atoms with E-state index in [2.05, 4.69) is 67.4 Å². The van der Waals surface area contributed by atoms with Crippen LogP contribution in [0.1, 0.15) is 58.2 Å². The average Bonchev–Trinajstić information content (AvgIpc) is 3.48. The highest BCUT2D eigenvalue weighted by atomic mass is 15.3. The molecule has 5 rings (SSSR count). The normalized spacial score (nSPS) is 18.3. The number of nitrogens with zero attached hydrogens (tertiary/aromatic N) is 5.